The Bertz CT molecular complexity index is 451. The molecule has 3 nitrogen and oxygen atoms in total. The largest absolute Gasteiger partial charge is 0.296 e. The summed E-state index contributed by atoms with van der Waals surface area (Å²) in [5.74, 6) is 0. The normalized spacial score (nSPS) is 20.4. The number of hydroxylamine groups is 2. The maximum absolute atomic E-state index is 8.63. The van der Waals surface area contributed by atoms with Gasteiger partial charge < -0.3 is 0 Å². The summed E-state index contributed by atoms with van der Waals surface area (Å²) in [5, 5.41) is 10.7. The van der Waals surface area contributed by atoms with Gasteiger partial charge >= 0.3 is 0 Å². The number of hydrogen-bond donors (Lipinski definition) is 0. The molecule has 0 atom stereocenters. The molecule has 0 amide bonds. The molecular weight excluding hydrogens is 224 g/mol. The van der Waals surface area contributed by atoms with Crippen LogP contribution < -0.4 is 0 Å². The quantitative estimate of drug-likeness (QED) is 0.765. The Morgan fingerprint density at radius 1 is 1.11 bits per heavy atom. The SMILES string of the molecule is CC1(C)c2ccccc2C(C)(C)N1OCCC#N. The molecule has 18 heavy (non-hydrogen) atoms. The zero-order chi connectivity index (χ0) is 13.4. The van der Waals surface area contributed by atoms with E-state index in [1.54, 1.807) is 0 Å². The summed E-state index contributed by atoms with van der Waals surface area (Å²) < 4.78 is 0. The van der Waals surface area contributed by atoms with E-state index in [2.05, 4.69) is 58.0 Å². The van der Waals surface area contributed by atoms with Crippen molar-refractivity contribution in [1.29, 1.82) is 5.26 Å². The lowest BCUT2D eigenvalue weighted by atomic mass is 9.91. The molecule has 0 fully saturated rings. The molecule has 1 aliphatic rings. The molecule has 1 aliphatic heterocycles. The fourth-order valence-corrected chi connectivity index (χ4v) is 2.97. The molecule has 96 valence electrons. The number of hydrogen-bond acceptors (Lipinski definition) is 3. The molecule has 3 heteroatoms. The van der Waals surface area contributed by atoms with Crippen molar-refractivity contribution < 1.29 is 4.84 Å². The molecule has 1 aromatic rings. The predicted molar refractivity (Wildman–Crippen MR) is 70.5 cm³/mol. The van der Waals surface area contributed by atoms with Crippen LogP contribution in [0.5, 0.6) is 0 Å². The Hall–Kier alpha value is -1.37. The van der Waals surface area contributed by atoms with Crippen LogP contribution in [0.2, 0.25) is 0 Å². The van der Waals surface area contributed by atoms with Crippen molar-refractivity contribution in [1.82, 2.24) is 5.06 Å². The molecular formula is C15H20N2O. The Morgan fingerprint density at radius 3 is 2.06 bits per heavy atom. The lowest BCUT2D eigenvalue weighted by Gasteiger charge is -2.39. The lowest BCUT2D eigenvalue weighted by Crippen LogP contribution is -2.45. The van der Waals surface area contributed by atoms with Crippen molar-refractivity contribution in [2.24, 2.45) is 0 Å². The summed E-state index contributed by atoms with van der Waals surface area (Å²) >= 11 is 0. The summed E-state index contributed by atoms with van der Waals surface area (Å²) in [6, 6.07) is 10.6. The van der Waals surface area contributed by atoms with E-state index < -0.39 is 0 Å². The lowest BCUT2D eigenvalue weighted by molar-refractivity contribution is -0.259. The van der Waals surface area contributed by atoms with Gasteiger partial charge in [-0.25, -0.2) is 0 Å². The van der Waals surface area contributed by atoms with Crippen LogP contribution in [0.15, 0.2) is 24.3 Å². The Kier molecular flexibility index (Phi) is 3.18. The second-order valence-corrected chi connectivity index (χ2v) is 5.70. The highest BCUT2D eigenvalue weighted by Crippen LogP contribution is 2.49. The molecule has 2 rings (SSSR count). The van der Waals surface area contributed by atoms with Crippen LogP contribution in [0.25, 0.3) is 0 Å². The fraction of sp³-hybridized carbons (Fsp3) is 0.533. The second kappa shape index (κ2) is 4.38. The first-order chi connectivity index (χ1) is 8.42. The Morgan fingerprint density at radius 2 is 1.61 bits per heavy atom. The monoisotopic (exact) mass is 244 g/mol. The smallest absolute Gasteiger partial charge is 0.0815 e. The van der Waals surface area contributed by atoms with Gasteiger partial charge in [0.2, 0.25) is 0 Å². The van der Waals surface area contributed by atoms with E-state index in [-0.39, 0.29) is 11.1 Å². The van der Waals surface area contributed by atoms with Gasteiger partial charge in [0.1, 0.15) is 0 Å². The van der Waals surface area contributed by atoms with Crippen molar-refractivity contribution in [2.75, 3.05) is 6.61 Å². The first-order valence-corrected chi connectivity index (χ1v) is 6.32. The third-order valence-corrected chi connectivity index (χ3v) is 3.70. The van der Waals surface area contributed by atoms with Gasteiger partial charge in [0.25, 0.3) is 0 Å². The molecule has 0 saturated carbocycles. The highest BCUT2D eigenvalue weighted by Gasteiger charge is 2.49. The van der Waals surface area contributed by atoms with Crippen LogP contribution >= 0.6 is 0 Å². The minimum absolute atomic E-state index is 0.171. The Balaban J connectivity index is 2.36. The van der Waals surface area contributed by atoms with Gasteiger partial charge in [-0.3, -0.25) is 4.84 Å². The molecule has 0 unspecified atom stereocenters. The van der Waals surface area contributed by atoms with Crippen LogP contribution in [-0.4, -0.2) is 11.7 Å². The molecule has 0 saturated heterocycles. The van der Waals surface area contributed by atoms with Gasteiger partial charge in [-0.1, -0.05) is 24.3 Å². The summed E-state index contributed by atoms with van der Waals surface area (Å²) in [4.78, 5) is 5.87. The first-order valence-electron chi connectivity index (χ1n) is 6.32. The molecule has 0 aliphatic carbocycles. The van der Waals surface area contributed by atoms with Gasteiger partial charge in [-0.15, -0.1) is 0 Å². The summed E-state index contributed by atoms with van der Waals surface area (Å²) in [5.41, 5.74) is 2.25. The first kappa shape index (κ1) is 13.1. The third kappa shape index (κ3) is 1.82. The highest BCUT2D eigenvalue weighted by molar-refractivity contribution is 5.42. The zero-order valence-corrected chi connectivity index (χ0v) is 11.5. The van der Waals surface area contributed by atoms with Crippen LogP contribution in [0.3, 0.4) is 0 Å². The number of nitriles is 1. The van der Waals surface area contributed by atoms with Gasteiger partial charge in [0, 0.05) is 0 Å². The van der Waals surface area contributed by atoms with Crippen LogP contribution in [0, 0.1) is 11.3 Å². The van der Waals surface area contributed by atoms with Crippen molar-refractivity contribution in [3.05, 3.63) is 35.4 Å². The number of benzene rings is 1. The van der Waals surface area contributed by atoms with E-state index in [4.69, 9.17) is 10.1 Å². The topological polar surface area (TPSA) is 36.3 Å². The average molecular weight is 244 g/mol. The van der Waals surface area contributed by atoms with Crippen LogP contribution in [0.4, 0.5) is 0 Å². The molecule has 0 spiro atoms. The van der Waals surface area contributed by atoms with E-state index in [0.29, 0.717) is 13.0 Å². The van der Waals surface area contributed by atoms with E-state index in [9.17, 15) is 0 Å². The summed E-state index contributed by atoms with van der Waals surface area (Å²) in [6.45, 7) is 9.08. The van der Waals surface area contributed by atoms with E-state index in [1.807, 2.05) is 5.06 Å². The number of fused-ring (bicyclic) bond motifs is 1. The second-order valence-electron chi connectivity index (χ2n) is 5.70. The molecule has 0 aromatic heterocycles. The molecule has 1 aromatic carbocycles. The van der Waals surface area contributed by atoms with E-state index in [0.717, 1.165) is 0 Å². The Labute approximate surface area is 109 Å². The standard InChI is InChI=1S/C15H20N2O/c1-14(2)12-8-5-6-9-13(12)15(3,4)17(14)18-11-7-10-16/h5-6,8-9H,7,11H2,1-4H3. The number of nitrogens with zero attached hydrogens (tertiary/aromatic N) is 2. The van der Waals surface area contributed by atoms with E-state index >= 15 is 0 Å². The molecule has 0 N–H and O–H groups in total. The maximum Gasteiger partial charge on any atom is 0.0815 e. The molecule has 1 heterocycles. The van der Waals surface area contributed by atoms with Crippen LogP contribution in [-0.2, 0) is 15.9 Å². The third-order valence-electron chi connectivity index (χ3n) is 3.70. The summed E-state index contributed by atoms with van der Waals surface area (Å²) in [6.07, 6.45) is 0.416. The van der Waals surface area contributed by atoms with Gasteiger partial charge in [-0.2, -0.15) is 10.3 Å². The molecule has 0 radical (unpaired) electrons. The predicted octanol–water partition coefficient (Wildman–Crippen LogP) is 3.32. The molecule has 0 bridgehead atoms. The van der Waals surface area contributed by atoms with Crippen molar-refractivity contribution >= 4 is 0 Å². The maximum atomic E-state index is 8.63. The highest BCUT2D eigenvalue weighted by atomic mass is 16.7. The average Bonchev–Trinajstić information content (AvgIpc) is 2.48. The summed E-state index contributed by atoms with van der Waals surface area (Å²) in [7, 11) is 0. The van der Waals surface area contributed by atoms with Gasteiger partial charge in [-0.05, 0) is 38.8 Å². The minimum atomic E-state index is -0.171. The van der Waals surface area contributed by atoms with Gasteiger partial charge in [0.15, 0.2) is 0 Å². The van der Waals surface area contributed by atoms with Crippen LogP contribution in [0.1, 0.15) is 45.2 Å². The van der Waals surface area contributed by atoms with Crippen molar-refractivity contribution in [2.45, 2.75) is 45.2 Å². The minimum Gasteiger partial charge on any atom is -0.296 e. The zero-order valence-electron chi connectivity index (χ0n) is 11.5. The number of rotatable bonds is 3. The van der Waals surface area contributed by atoms with E-state index in [1.165, 1.54) is 11.1 Å². The fourth-order valence-electron chi connectivity index (χ4n) is 2.97. The van der Waals surface area contributed by atoms with Crippen molar-refractivity contribution in [3.63, 3.8) is 0 Å². The van der Waals surface area contributed by atoms with Crippen molar-refractivity contribution in [3.8, 4) is 6.07 Å². The van der Waals surface area contributed by atoms with Gasteiger partial charge in [0.05, 0.1) is 30.2 Å².